The van der Waals surface area contributed by atoms with Gasteiger partial charge < -0.3 is 10.2 Å². The quantitative estimate of drug-likeness (QED) is 0.515. The van der Waals surface area contributed by atoms with Crippen molar-refractivity contribution >= 4 is 33.7 Å². The van der Waals surface area contributed by atoms with Gasteiger partial charge in [0, 0.05) is 42.3 Å². The molecule has 2 aromatic carbocycles. The summed E-state index contributed by atoms with van der Waals surface area (Å²) in [6.45, 7) is 5.07. The zero-order valence-electron chi connectivity index (χ0n) is 18.3. The summed E-state index contributed by atoms with van der Waals surface area (Å²) in [5, 5.41) is 3.39. The van der Waals surface area contributed by atoms with Crippen LogP contribution in [-0.2, 0) is 11.2 Å². The van der Waals surface area contributed by atoms with Gasteiger partial charge in [-0.1, -0.05) is 19.1 Å². The van der Waals surface area contributed by atoms with Gasteiger partial charge >= 0.3 is 0 Å². The Labute approximate surface area is 195 Å². The molecule has 0 radical (unpaired) electrons. The molecule has 1 amide bonds. The van der Waals surface area contributed by atoms with E-state index in [-0.39, 0.29) is 29.6 Å². The van der Waals surface area contributed by atoms with Crippen molar-refractivity contribution in [1.82, 2.24) is 4.90 Å². The van der Waals surface area contributed by atoms with Crippen molar-refractivity contribution in [1.29, 1.82) is 0 Å². The second-order valence-electron chi connectivity index (χ2n) is 7.94. The first-order valence-electron chi connectivity index (χ1n) is 10.9. The van der Waals surface area contributed by atoms with Crippen LogP contribution in [0.5, 0.6) is 0 Å². The van der Waals surface area contributed by atoms with Gasteiger partial charge in [0.2, 0.25) is 5.91 Å². The molecule has 1 aliphatic heterocycles. The lowest BCUT2D eigenvalue weighted by molar-refractivity contribution is -0.117. The maximum atomic E-state index is 13.6. The molecular weight excluding hydrogens is 444 g/mol. The highest BCUT2D eigenvalue weighted by Crippen LogP contribution is 2.31. The molecule has 0 atom stereocenters. The van der Waals surface area contributed by atoms with Gasteiger partial charge in [-0.2, -0.15) is 0 Å². The predicted molar refractivity (Wildman–Crippen MR) is 127 cm³/mol. The molecule has 1 saturated heterocycles. The summed E-state index contributed by atoms with van der Waals surface area (Å²) in [5.41, 5.74) is 1.60. The number of amides is 1. The third-order valence-corrected chi connectivity index (χ3v) is 6.84. The van der Waals surface area contributed by atoms with Gasteiger partial charge in [-0.25, -0.2) is 8.78 Å². The van der Waals surface area contributed by atoms with Crippen LogP contribution in [0.25, 0.3) is 0 Å². The van der Waals surface area contributed by atoms with Gasteiger partial charge in [-0.15, -0.1) is 11.3 Å². The van der Waals surface area contributed by atoms with Gasteiger partial charge in [0.15, 0.2) is 5.78 Å². The monoisotopic (exact) mass is 469 g/mol. The normalized spacial score (nSPS) is 14.3. The summed E-state index contributed by atoms with van der Waals surface area (Å²) in [6, 6.07) is 13.8. The summed E-state index contributed by atoms with van der Waals surface area (Å²) in [6.07, 6.45) is 0.731. The molecule has 8 heteroatoms. The van der Waals surface area contributed by atoms with Crippen molar-refractivity contribution in [3.8, 4) is 0 Å². The minimum Gasteiger partial charge on any atom is -0.369 e. The largest absolute Gasteiger partial charge is 0.369 e. The van der Waals surface area contributed by atoms with Crippen LogP contribution in [0, 0.1) is 11.6 Å². The number of hydrogen-bond donors (Lipinski definition) is 1. The third kappa shape index (κ3) is 5.64. The number of thiophene rings is 1. The van der Waals surface area contributed by atoms with E-state index in [9.17, 15) is 18.4 Å². The predicted octanol–water partition coefficient (Wildman–Crippen LogP) is 4.58. The number of anilines is 2. The number of nitrogens with one attached hydrogen (secondary N) is 1. The highest BCUT2D eigenvalue weighted by atomic mass is 32.1. The maximum Gasteiger partial charge on any atom is 0.239 e. The van der Waals surface area contributed by atoms with Crippen LogP contribution < -0.4 is 10.2 Å². The smallest absolute Gasteiger partial charge is 0.239 e. The summed E-state index contributed by atoms with van der Waals surface area (Å²) >= 11 is 1.37. The zero-order valence-corrected chi connectivity index (χ0v) is 19.1. The number of carbonyl (C=O) groups is 2. The molecule has 1 N–H and O–H groups in total. The van der Waals surface area contributed by atoms with Crippen molar-refractivity contribution in [2.24, 2.45) is 0 Å². The van der Waals surface area contributed by atoms with Crippen LogP contribution in [0.15, 0.2) is 54.6 Å². The van der Waals surface area contributed by atoms with Crippen LogP contribution >= 0.6 is 11.3 Å². The summed E-state index contributed by atoms with van der Waals surface area (Å²) < 4.78 is 26.7. The summed E-state index contributed by atoms with van der Waals surface area (Å²) in [5.74, 6) is -1.24. The lowest BCUT2D eigenvalue weighted by Crippen LogP contribution is -2.48. The van der Waals surface area contributed by atoms with Crippen molar-refractivity contribution < 1.29 is 18.4 Å². The van der Waals surface area contributed by atoms with Gasteiger partial charge in [0.1, 0.15) is 16.6 Å². The fraction of sp³-hybridized carbons (Fsp3) is 0.280. The number of halogens is 2. The Morgan fingerprint density at radius 1 is 0.970 bits per heavy atom. The lowest BCUT2D eigenvalue weighted by atomic mass is 10.0. The Morgan fingerprint density at radius 3 is 2.36 bits per heavy atom. The van der Waals surface area contributed by atoms with E-state index >= 15 is 0 Å². The van der Waals surface area contributed by atoms with Crippen molar-refractivity contribution in [2.75, 3.05) is 42.9 Å². The minimum absolute atomic E-state index is 0.192. The molecule has 172 valence electrons. The van der Waals surface area contributed by atoms with Crippen LogP contribution in [0.4, 0.5) is 19.5 Å². The van der Waals surface area contributed by atoms with Crippen LogP contribution in [0.3, 0.4) is 0 Å². The Balaban J connectivity index is 1.38. The van der Waals surface area contributed by atoms with E-state index in [1.54, 1.807) is 24.3 Å². The molecule has 3 aromatic rings. The van der Waals surface area contributed by atoms with Crippen LogP contribution in [0.1, 0.15) is 27.7 Å². The second-order valence-corrected chi connectivity index (χ2v) is 9.07. The molecule has 33 heavy (non-hydrogen) atoms. The molecule has 0 aliphatic carbocycles. The minimum atomic E-state index is -0.475. The molecule has 1 aromatic heterocycles. The fourth-order valence-corrected chi connectivity index (χ4v) is 4.86. The number of benzene rings is 2. The lowest BCUT2D eigenvalue weighted by Gasteiger charge is -2.35. The molecule has 5 nitrogen and oxygen atoms in total. The van der Waals surface area contributed by atoms with Gasteiger partial charge in [-0.3, -0.25) is 14.5 Å². The Morgan fingerprint density at radius 2 is 1.70 bits per heavy atom. The molecule has 2 heterocycles. The van der Waals surface area contributed by atoms with E-state index in [4.69, 9.17) is 0 Å². The standard InChI is InChI=1S/C25H25F2N3O2S/c1-2-21-15-22(24(32)17-4-3-5-19(27)14-17)25(33-21)28-23(31)16-29-10-12-30(13-11-29)20-8-6-18(26)7-9-20/h3-9,14-15H,2,10-13,16H2,1H3,(H,28,31). The zero-order chi connectivity index (χ0) is 23.4. The molecule has 0 bridgehead atoms. The molecule has 4 rings (SSSR count). The average molecular weight is 470 g/mol. The average Bonchev–Trinajstić information content (AvgIpc) is 3.22. The van der Waals surface area contributed by atoms with Gasteiger partial charge in [-0.05, 0) is 48.9 Å². The molecular formula is C25H25F2N3O2S. The second kappa shape index (κ2) is 10.2. The van der Waals surface area contributed by atoms with Crippen LogP contribution in [-0.4, -0.2) is 49.3 Å². The Hall–Kier alpha value is -3.10. The Kier molecular flexibility index (Phi) is 7.15. The van der Waals surface area contributed by atoms with E-state index in [1.165, 1.54) is 41.7 Å². The van der Waals surface area contributed by atoms with Gasteiger partial charge in [0.05, 0.1) is 12.1 Å². The van der Waals surface area contributed by atoms with Crippen LogP contribution in [0.2, 0.25) is 0 Å². The van der Waals surface area contributed by atoms with E-state index in [0.29, 0.717) is 23.7 Å². The molecule has 0 spiro atoms. The number of rotatable bonds is 7. The number of piperazine rings is 1. The molecule has 0 unspecified atom stereocenters. The summed E-state index contributed by atoms with van der Waals surface area (Å²) in [4.78, 5) is 30.9. The van der Waals surface area contributed by atoms with Crippen molar-refractivity contribution in [2.45, 2.75) is 13.3 Å². The number of carbonyl (C=O) groups excluding carboxylic acids is 2. The highest BCUT2D eigenvalue weighted by molar-refractivity contribution is 7.16. The topological polar surface area (TPSA) is 52.7 Å². The fourth-order valence-electron chi connectivity index (χ4n) is 3.85. The van der Waals surface area contributed by atoms with E-state index in [2.05, 4.69) is 15.1 Å². The number of ketones is 1. The Bertz CT molecular complexity index is 1140. The van der Waals surface area contributed by atoms with E-state index in [0.717, 1.165) is 30.1 Å². The summed E-state index contributed by atoms with van der Waals surface area (Å²) in [7, 11) is 0. The maximum absolute atomic E-state index is 13.6. The molecule has 1 aliphatic rings. The van der Waals surface area contributed by atoms with Crippen molar-refractivity contribution in [3.05, 3.63) is 82.2 Å². The van der Waals surface area contributed by atoms with E-state index in [1.807, 2.05) is 6.92 Å². The van der Waals surface area contributed by atoms with Crippen molar-refractivity contribution in [3.63, 3.8) is 0 Å². The highest BCUT2D eigenvalue weighted by Gasteiger charge is 2.22. The van der Waals surface area contributed by atoms with Gasteiger partial charge in [0.25, 0.3) is 0 Å². The third-order valence-electron chi connectivity index (χ3n) is 5.65. The molecule has 0 saturated carbocycles. The number of nitrogens with zero attached hydrogens (tertiary/aromatic N) is 2. The first kappa shape index (κ1) is 23.1. The number of aryl methyl sites for hydroxylation is 1. The first-order valence-corrected chi connectivity index (χ1v) is 11.7. The number of hydrogen-bond acceptors (Lipinski definition) is 5. The molecule has 1 fully saturated rings. The SMILES string of the molecule is CCc1cc(C(=O)c2cccc(F)c2)c(NC(=O)CN2CCN(c3ccc(F)cc3)CC2)s1. The first-order chi connectivity index (χ1) is 15.9. The van der Waals surface area contributed by atoms with E-state index < -0.39 is 5.82 Å².